The second-order valence-electron chi connectivity index (χ2n) is 4.55. The number of amides is 2. The minimum absolute atomic E-state index is 0.00990. The molecule has 1 aliphatic rings. The van der Waals surface area contributed by atoms with Gasteiger partial charge < -0.3 is 16.4 Å². The van der Waals surface area contributed by atoms with Gasteiger partial charge in [0, 0.05) is 30.8 Å². The van der Waals surface area contributed by atoms with Gasteiger partial charge in [-0.3, -0.25) is 9.59 Å². The molecule has 0 spiro atoms. The topological polar surface area (TPSA) is 84.2 Å². The summed E-state index contributed by atoms with van der Waals surface area (Å²) in [6.45, 7) is 0.497. The predicted octanol–water partition coefficient (Wildman–Crippen LogP) is 0.677. The molecule has 0 saturated carbocycles. The average molecular weight is 259 g/mol. The fraction of sp³-hybridized carbons (Fsp3) is 0.286. The Kier molecular flexibility index (Phi) is 4.18. The minimum atomic E-state index is -0.163. The molecule has 0 aromatic heterocycles. The van der Waals surface area contributed by atoms with Crippen molar-refractivity contribution in [2.45, 2.75) is 18.9 Å². The molecule has 1 aliphatic heterocycles. The van der Waals surface area contributed by atoms with Gasteiger partial charge in [-0.2, -0.15) is 0 Å². The lowest BCUT2D eigenvalue weighted by atomic mass is 10.1. The van der Waals surface area contributed by atoms with E-state index in [9.17, 15) is 9.59 Å². The first-order valence-electron chi connectivity index (χ1n) is 6.24. The maximum Gasteiger partial charge on any atom is 0.244 e. The minimum Gasteiger partial charge on any atom is -0.399 e. The molecule has 1 unspecified atom stereocenters. The second-order valence-corrected chi connectivity index (χ2v) is 4.55. The third-order valence-corrected chi connectivity index (χ3v) is 2.95. The number of benzene rings is 1. The fourth-order valence-electron chi connectivity index (χ4n) is 1.94. The number of nitrogens with two attached hydrogens (primary N) is 1. The Bertz CT molecular complexity index is 501. The van der Waals surface area contributed by atoms with Crippen molar-refractivity contribution >= 4 is 23.6 Å². The van der Waals surface area contributed by atoms with Gasteiger partial charge in [-0.05, 0) is 30.2 Å². The highest BCUT2D eigenvalue weighted by Gasteiger charge is 2.18. The number of anilines is 1. The number of carbonyl (C=O) groups is 2. The summed E-state index contributed by atoms with van der Waals surface area (Å²) in [7, 11) is 0. The Balaban J connectivity index is 1.85. The maximum atomic E-state index is 11.7. The first-order valence-corrected chi connectivity index (χ1v) is 6.24. The lowest BCUT2D eigenvalue weighted by Gasteiger charge is -2.22. The first-order chi connectivity index (χ1) is 9.13. The van der Waals surface area contributed by atoms with E-state index < -0.39 is 0 Å². The summed E-state index contributed by atoms with van der Waals surface area (Å²) in [4.78, 5) is 22.7. The maximum absolute atomic E-state index is 11.7. The smallest absolute Gasteiger partial charge is 0.244 e. The van der Waals surface area contributed by atoms with Crippen molar-refractivity contribution in [1.82, 2.24) is 10.6 Å². The number of carbonyl (C=O) groups excluding carboxylic acids is 2. The molecule has 1 fully saturated rings. The standard InChI is InChI=1S/C14H17N3O2/c15-11-3-1-2-10(8-11)4-6-14(19)17-12-5-7-13(18)16-9-12/h1-4,6,8,12H,5,7,9,15H2,(H,16,18)(H,17,19)/b6-4+. The van der Waals surface area contributed by atoms with Gasteiger partial charge in [0.2, 0.25) is 11.8 Å². The summed E-state index contributed by atoms with van der Waals surface area (Å²) in [6.07, 6.45) is 4.34. The number of rotatable bonds is 3. The summed E-state index contributed by atoms with van der Waals surface area (Å²) >= 11 is 0. The van der Waals surface area contributed by atoms with Crippen molar-refractivity contribution in [3.63, 3.8) is 0 Å². The number of nitrogens with one attached hydrogen (secondary N) is 2. The van der Waals surface area contributed by atoms with E-state index in [1.54, 1.807) is 18.2 Å². The number of nitrogen functional groups attached to an aromatic ring is 1. The van der Waals surface area contributed by atoms with Crippen LogP contribution in [0.1, 0.15) is 18.4 Å². The van der Waals surface area contributed by atoms with Crippen LogP contribution in [0.2, 0.25) is 0 Å². The Labute approximate surface area is 111 Å². The van der Waals surface area contributed by atoms with Gasteiger partial charge in [0.05, 0.1) is 0 Å². The zero-order valence-corrected chi connectivity index (χ0v) is 10.6. The van der Waals surface area contributed by atoms with Crippen LogP contribution < -0.4 is 16.4 Å². The van der Waals surface area contributed by atoms with Gasteiger partial charge >= 0.3 is 0 Å². The number of hydrogen-bond donors (Lipinski definition) is 3. The molecule has 5 nitrogen and oxygen atoms in total. The molecule has 4 N–H and O–H groups in total. The summed E-state index contributed by atoms with van der Waals surface area (Å²) in [6, 6.07) is 7.31. The largest absolute Gasteiger partial charge is 0.399 e. The normalized spacial score (nSPS) is 19.2. The monoisotopic (exact) mass is 259 g/mol. The van der Waals surface area contributed by atoms with Crippen LogP contribution in [0, 0.1) is 0 Å². The highest BCUT2D eigenvalue weighted by atomic mass is 16.2. The molecule has 2 amide bonds. The number of hydrogen-bond acceptors (Lipinski definition) is 3. The Morgan fingerprint density at radius 3 is 3.00 bits per heavy atom. The van der Waals surface area contributed by atoms with Crippen molar-refractivity contribution in [2.24, 2.45) is 0 Å². The zero-order valence-electron chi connectivity index (χ0n) is 10.6. The molecule has 1 aromatic rings. The third kappa shape index (κ3) is 4.13. The van der Waals surface area contributed by atoms with Crippen LogP contribution in [0.5, 0.6) is 0 Å². The SMILES string of the molecule is Nc1cccc(/C=C/C(=O)NC2CCC(=O)NC2)c1. The lowest BCUT2D eigenvalue weighted by Crippen LogP contribution is -2.47. The molecular weight excluding hydrogens is 242 g/mol. The van der Waals surface area contributed by atoms with E-state index in [4.69, 9.17) is 5.73 Å². The van der Waals surface area contributed by atoms with Crippen molar-refractivity contribution in [2.75, 3.05) is 12.3 Å². The van der Waals surface area contributed by atoms with Crippen molar-refractivity contribution < 1.29 is 9.59 Å². The highest BCUT2D eigenvalue weighted by molar-refractivity contribution is 5.92. The summed E-state index contributed by atoms with van der Waals surface area (Å²) in [5.41, 5.74) is 7.20. The lowest BCUT2D eigenvalue weighted by molar-refractivity contribution is -0.124. The zero-order chi connectivity index (χ0) is 13.7. The van der Waals surface area contributed by atoms with Crippen LogP contribution in [0.3, 0.4) is 0 Å². The van der Waals surface area contributed by atoms with Crippen LogP contribution in [0.4, 0.5) is 5.69 Å². The first kappa shape index (κ1) is 13.1. The van der Waals surface area contributed by atoms with Gasteiger partial charge in [-0.1, -0.05) is 12.1 Å². The molecular formula is C14H17N3O2. The van der Waals surface area contributed by atoms with Crippen molar-refractivity contribution in [3.05, 3.63) is 35.9 Å². The molecule has 0 bridgehead atoms. The highest BCUT2D eigenvalue weighted by Crippen LogP contribution is 2.08. The summed E-state index contributed by atoms with van der Waals surface area (Å²) < 4.78 is 0. The van der Waals surface area contributed by atoms with Crippen LogP contribution >= 0.6 is 0 Å². The van der Waals surface area contributed by atoms with Gasteiger partial charge in [0.25, 0.3) is 0 Å². The molecule has 1 saturated heterocycles. The molecule has 5 heteroatoms. The van der Waals surface area contributed by atoms with Crippen LogP contribution in [-0.4, -0.2) is 24.4 Å². The van der Waals surface area contributed by atoms with E-state index in [0.29, 0.717) is 25.1 Å². The fourth-order valence-corrected chi connectivity index (χ4v) is 1.94. The molecule has 1 heterocycles. The average Bonchev–Trinajstić information content (AvgIpc) is 2.39. The van der Waals surface area contributed by atoms with Gasteiger partial charge in [0.15, 0.2) is 0 Å². The Morgan fingerprint density at radius 2 is 2.32 bits per heavy atom. The molecule has 0 aliphatic carbocycles. The number of piperidine rings is 1. The molecule has 0 radical (unpaired) electrons. The van der Waals surface area contributed by atoms with Gasteiger partial charge in [-0.25, -0.2) is 0 Å². The van der Waals surface area contributed by atoms with Crippen LogP contribution in [-0.2, 0) is 9.59 Å². The van der Waals surface area contributed by atoms with Crippen LogP contribution in [0.15, 0.2) is 30.3 Å². The quantitative estimate of drug-likeness (QED) is 0.551. The third-order valence-electron chi connectivity index (χ3n) is 2.95. The molecule has 1 aromatic carbocycles. The predicted molar refractivity (Wildman–Crippen MR) is 74.1 cm³/mol. The van der Waals surface area contributed by atoms with Gasteiger partial charge in [-0.15, -0.1) is 0 Å². The summed E-state index contributed by atoms with van der Waals surface area (Å²) in [5.74, 6) is -0.121. The van der Waals surface area contributed by atoms with E-state index in [2.05, 4.69) is 10.6 Å². The van der Waals surface area contributed by atoms with E-state index in [-0.39, 0.29) is 17.9 Å². The molecule has 1 atom stereocenters. The Hall–Kier alpha value is -2.30. The van der Waals surface area contributed by atoms with Crippen molar-refractivity contribution in [3.8, 4) is 0 Å². The second kappa shape index (κ2) is 6.04. The van der Waals surface area contributed by atoms with Crippen LogP contribution in [0.25, 0.3) is 6.08 Å². The van der Waals surface area contributed by atoms with E-state index in [1.165, 1.54) is 6.08 Å². The van der Waals surface area contributed by atoms with E-state index in [1.807, 2.05) is 12.1 Å². The Morgan fingerprint density at radius 1 is 1.47 bits per heavy atom. The molecule has 100 valence electrons. The molecule has 2 rings (SSSR count). The summed E-state index contributed by atoms with van der Waals surface area (Å²) in [5, 5.41) is 5.58. The van der Waals surface area contributed by atoms with Gasteiger partial charge in [0.1, 0.15) is 0 Å². The van der Waals surface area contributed by atoms with E-state index >= 15 is 0 Å². The van der Waals surface area contributed by atoms with Crippen molar-refractivity contribution in [1.29, 1.82) is 0 Å². The van der Waals surface area contributed by atoms with E-state index in [0.717, 1.165) is 5.56 Å². The molecule has 19 heavy (non-hydrogen) atoms.